The van der Waals surface area contributed by atoms with Gasteiger partial charge < -0.3 is 10.1 Å². The van der Waals surface area contributed by atoms with Crippen LogP contribution < -0.4 is 10.1 Å². The summed E-state index contributed by atoms with van der Waals surface area (Å²) in [5, 5.41) is 6.10. The Balaban J connectivity index is 1.79. The summed E-state index contributed by atoms with van der Waals surface area (Å²) in [5.74, 6) is 1.66. The number of carbonyl (C=O) groups is 1. The minimum absolute atomic E-state index is 0.0638. The molecule has 24 heavy (non-hydrogen) atoms. The van der Waals surface area contributed by atoms with E-state index >= 15 is 0 Å². The van der Waals surface area contributed by atoms with E-state index in [1.165, 1.54) is 0 Å². The molecule has 0 saturated heterocycles. The molecule has 2 aromatic rings. The SMILES string of the molecule is CC(C)COc1ccc(C(=O)NCCc2nc(C(C)C)cs2)cc1. The Kier molecular flexibility index (Phi) is 6.79. The minimum atomic E-state index is -0.0638. The third-order valence-corrected chi connectivity index (χ3v) is 4.41. The number of hydrogen-bond donors (Lipinski definition) is 1. The van der Waals surface area contributed by atoms with E-state index in [0.717, 1.165) is 22.9 Å². The Labute approximate surface area is 148 Å². The Morgan fingerprint density at radius 2 is 1.92 bits per heavy atom. The Bertz CT molecular complexity index is 648. The number of thiazole rings is 1. The number of ether oxygens (including phenoxy) is 1. The van der Waals surface area contributed by atoms with Crippen molar-refractivity contribution in [1.29, 1.82) is 0 Å². The van der Waals surface area contributed by atoms with Crippen molar-refractivity contribution in [2.24, 2.45) is 5.92 Å². The smallest absolute Gasteiger partial charge is 0.251 e. The fourth-order valence-corrected chi connectivity index (χ4v) is 3.02. The van der Waals surface area contributed by atoms with Crippen molar-refractivity contribution >= 4 is 17.2 Å². The zero-order valence-electron chi connectivity index (χ0n) is 14.8. The van der Waals surface area contributed by atoms with Gasteiger partial charge in [-0.3, -0.25) is 4.79 Å². The summed E-state index contributed by atoms with van der Waals surface area (Å²) in [7, 11) is 0. The van der Waals surface area contributed by atoms with Crippen LogP contribution in [0.4, 0.5) is 0 Å². The second-order valence-electron chi connectivity index (χ2n) is 6.56. The van der Waals surface area contributed by atoms with Crippen molar-refractivity contribution in [3.05, 3.63) is 45.9 Å². The molecule has 0 unspecified atom stereocenters. The summed E-state index contributed by atoms with van der Waals surface area (Å²) in [5.41, 5.74) is 1.77. The fourth-order valence-electron chi connectivity index (χ4n) is 2.06. The van der Waals surface area contributed by atoms with Gasteiger partial charge in [0.25, 0.3) is 5.91 Å². The molecule has 0 aliphatic rings. The molecule has 2 rings (SSSR count). The summed E-state index contributed by atoms with van der Waals surface area (Å²) in [6.45, 7) is 9.75. The van der Waals surface area contributed by atoms with Gasteiger partial charge in [0, 0.05) is 23.9 Å². The van der Waals surface area contributed by atoms with Gasteiger partial charge in [0.05, 0.1) is 17.3 Å². The highest BCUT2D eigenvalue weighted by Crippen LogP contribution is 2.18. The van der Waals surface area contributed by atoms with Crippen LogP contribution in [0.25, 0.3) is 0 Å². The van der Waals surface area contributed by atoms with Crippen molar-refractivity contribution in [2.75, 3.05) is 13.2 Å². The fraction of sp³-hybridized carbons (Fsp3) is 0.474. The van der Waals surface area contributed by atoms with Gasteiger partial charge in [-0.15, -0.1) is 11.3 Å². The average Bonchev–Trinajstić information content (AvgIpc) is 3.02. The quantitative estimate of drug-likeness (QED) is 0.776. The number of aromatic nitrogens is 1. The molecule has 1 aromatic heterocycles. The van der Waals surface area contributed by atoms with Crippen LogP contribution in [0.3, 0.4) is 0 Å². The van der Waals surface area contributed by atoms with Crippen LogP contribution in [0, 0.1) is 5.92 Å². The predicted octanol–water partition coefficient (Wildman–Crippen LogP) is 4.27. The van der Waals surface area contributed by atoms with Gasteiger partial charge in [-0.2, -0.15) is 0 Å². The molecule has 1 heterocycles. The van der Waals surface area contributed by atoms with E-state index in [-0.39, 0.29) is 5.91 Å². The number of nitrogens with one attached hydrogen (secondary N) is 1. The maximum atomic E-state index is 12.2. The van der Waals surface area contributed by atoms with E-state index < -0.39 is 0 Å². The van der Waals surface area contributed by atoms with Crippen LogP contribution in [-0.4, -0.2) is 24.0 Å². The molecular formula is C19H26N2O2S. The van der Waals surface area contributed by atoms with Crippen molar-refractivity contribution in [3.8, 4) is 5.75 Å². The maximum absolute atomic E-state index is 12.2. The van der Waals surface area contributed by atoms with Crippen molar-refractivity contribution in [1.82, 2.24) is 10.3 Å². The molecule has 5 heteroatoms. The number of rotatable bonds is 8. The van der Waals surface area contributed by atoms with Gasteiger partial charge in [-0.1, -0.05) is 27.7 Å². The molecular weight excluding hydrogens is 320 g/mol. The molecule has 4 nitrogen and oxygen atoms in total. The second kappa shape index (κ2) is 8.83. The highest BCUT2D eigenvalue weighted by molar-refractivity contribution is 7.09. The highest BCUT2D eigenvalue weighted by Gasteiger charge is 2.08. The molecule has 0 fully saturated rings. The van der Waals surface area contributed by atoms with Crippen LogP contribution in [0.5, 0.6) is 5.75 Å². The number of nitrogens with zero attached hydrogens (tertiary/aromatic N) is 1. The molecule has 1 aromatic carbocycles. The van der Waals surface area contributed by atoms with Crippen molar-refractivity contribution < 1.29 is 9.53 Å². The number of amides is 1. The van der Waals surface area contributed by atoms with Gasteiger partial charge in [0.2, 0.25) is 0 Å². The summed E-state index contributed by atoms with van der Waals surface area (Å²) in [4.78, 5) is 16.7. The molecule has 1 amide bonds. The van der Waals surface area contributed by atoms with E-state index in [4.69, 9.17) is 4.74 Å². The molecule has 1 N–H and O–H groups in total. The lowest BCUT2D eigenvalue weighted by molar-refractivity contribution is 0.0954. The summed E-state index contributed by atoms with van der Waals surface area (Å²) >= 11 is 1.66. The Hall–Kier alpha value is -1.88. The molecule has 0 radical (unpaired) electrons. The first-order valence-electron chi connectivity index (χ1n) is 8.41. The zero-order chi connectivity index (χ0) is 17.5. The van der Waals surface area contributed by atoms with E-state index in [1.54, 1.807) is 23.5 Å². The van der Waals surface area contributed by atoms with E-state index in [1.807, 2.05) is 12.1 Å². The molecule has 0 aliphatic carbocycles. The normalized spacial score (nSPS) is 11.1. The first kappa shape index (κ1) is 18.5. The molecule has 0 bridgehead atoms. The number of carbonyl (C=O) groups excluding carboxylic acids is 1. The lowest BCUT2D eigenvalue weighted by atomic mass is 10.2. The molecule has 0 spiro atoms. The third-order valence-electron chi connectivity index (χ3n) is 3.49. The van der Waals surface area contributed by atoms with Crippen LogP contribution in [-0.2, 0) is 6.42 Å². The van der Waals surface area contributed by atoms with Crippen LogP contribution in [0.15, 0.2) is 29.6 Å². The monoisotopic (exact) mass is 346 g/mol. The van der Waals surface area contributed by atoms with E-state index in [9.17, 15) is 4.79 Å². The van der Waals surface area contributed by atoms with Crippen LogP contribution in [0.2, 0.25) is 0 Å². The van der Waals surface area contributed by atoms with E-state index in [0.29, 0.717) is 30.6 Å². The Morgan fingerprint density at radius 1 is 1.21 bits per heavy atom. The van der Waals surface area contributed by atoms with Crippen LogP contribution in [0.1, 0.15) is 54.7 Å². The van der Waals surface area contributed by atoms with Gasteiger partial charge in [-0.05, 0) is 36.1 Å². The van der Waals surface area contributed by atoms with Gasteiger partial charge in [0.15, 0.2) is 0 Å². The highest BCUT2D eigenvalue weighted by atomic mass is 32.1. The Morgan fingerprint density at radius 3 is 2.50 bits per heavy atom. The third kappa shape index (κ3) is 5.64. The molecule has 130 valence electrons. The largest absolute Gasteiger partial charge is 0.493 e. The maximum Gasteiger partial charge on any atom is 0.251 e. The summed E-state index contributed by atoms with van der Waals surface area (Å²) in [6, 6.07) is 7.27. The predicted molar refractivity (Wildman–Crippen MR) is 99.0 cm³/mol. The average molecular weight is 346 g/mol. The number of hydrogen-bond acceptors (Lipinski definition) is 4. The summed E-state index contributed by atoms with van der Waals surface area (Å²) < 4.78 is 5.62. The van der Waals surface area contributed by atoms with Crippen molar-refractivity contribution in [2.45, 2.75) is 40.0 Å². The van der Waals surface area contributed by atoms with E-state index in [2.05, 4.69) is 43.4 Å². The number of benzene rings is 1. The van der Waals surface area contributed by atoms with Crippen molar-refractivity contribution in [3.63, 3.8) is 0 Å². The topological polar surface area (TPSA) is 51.2 Å². The lowest BCUT2D eigenvalue weighted by Gasteiger charge is -2.09. The van der Waals surface area contributed by atoms with Crippen LogP contribution >= 0.6 is 11.3 Å². The summed E-state index contributed by atoms with van der Waals surface area (Å²) in [6.07, 6.45) is 0.763. The first-order chi connectivity index (χ1) is 11.5. The zero-order valence-corrected chi connectivity index (χ0v) is 15.7. The molecule has 0 saturated carbocycles. The standard InChI is InChI=1S/C19H26N2O2S/c1-13(2)11-23-16-7-5-15(6-8-16)19(22)20-10-9-18-21-17(12-24-18)14(3)4/h5-8,12-14H,9-11H2,1-4H3,(H,20,22). The minimum Gasteiger partial charge on any atom is -0.493 e. The van der Waals surface area contributed by atoms with Gasteiger partial charge in [-0.25, -0.2) is 4.98 Å². The lowest BCUT2D eigenvalue weighted by Crippen LogP contribution is -2.25. The second-order valence-corrected chi connectivity index (χ2v) is 7.50. The van der Waals surface area contributed by atoms with Gasteiger partial charge in [0.1, 0.15) is 5.75 Å². The molecule has 0 atom stereocenters. The molecule has 0 aliphatic heterocycles. The first-order valence-corrected chi connectivity index (χ1v) is 9.29. The van der Waals surface area contributed by atoms with Gasteiger partial charge >= 0.3 is 0 Å².